The van der Waals surface area contributed by atoms with Gasteiger partial charge in [0.25, 0.3) is 5.56 Å². The summed E-state index contributed by atoms with van der Waals surface area (Å²) in [4.78, 5) is 36.1. The van der Waals surface area contributed by atoms with E-state index in [1.165, 1.54) is 10.8 Å². The molecule has 0 saturated carbocycles. The Kier molecular flexibility index (Phi) is 3.91. The minimum Gasteiger partial charge on any atom is -0.394 e. The van der Waals surface area contributed by atoms with Crippen LogP contribution in [0.25, 0.3) is 0 Å². The average Bonchev–Trinajstić information content (AvgIpc) is 2.75. The lowest BCUT2D eigenvalue weighted by Gasteiger charge is -2.15. The van der Waals surface area contributed by atoms with Crippen LogP contribution in [0.5, 0.6) is 0 Å². The number of nitrogens with one attached hydrogen (secondary N) is 2. The Bertz CT molecular complexity index is 622. The van der Waals surface area contributed by atoms with E-state index in [-0.39, 0.29) is 13.0 Å². The Morgan fingerprint density at radius 1 is 1.65 bits per heavy atom. The molecule has 0 radical (unpaired) electrons. The second-order valence-electron chi connectivity index (χ2n) is 4.64. The van der Waals surface area contributed by atoms with E-state index >= 15 is 0 Å². The number of aromatic nitrogens is 2. The Hall–Kier alpha value is -2.13. The third-order valence-corrected chi connectivity index (χ3v) is 3.20. The molecule has 1 aromatic heterocycles. The molecule has 1 fully saturated rings. The Morgan fingerprint density at radius 2 is 2.35 bits per heavy atom. The molecule has 0 spiro atoms. The number of amides is 2. The molecule has 0 aromatic carbocycles. The summed E-state index contributed by atoms with van der Waals surface area (Å²) in [7, 11) is 0. The van der Waals surface area contributed by atoms with E-state index in [4.69, 9.17) is 10.5 Å². The van der Waals surface area contributed by atoms with Gasteiger partial charge in [-0.3, -0.25) is 14.3 Å². The second-order valence-corrected chi connectivity index (χ2v) is 4.64. The van der Waals surface area contributed by atoms with Gasteiger partial charge in [0, 0.05) is 18.2 Å². The standard InChI is InChI=1S/C11H16N4O5/c1-5-3-15(11(19)14-9(5)17)8-2-6(13-10(12)18)7(4-16)20-8/h3,6-8,16H,2,4H2,1H3,(H3,12,13,18)(H,14,17,19)/t6?,7-,8-/m1/s1. The van der Waals surface area contributed by atoms with Gasteiger partial charge in [-0.05, 0) is 6.92 Å². The number of primary amides is 1. The number of rotatable bonds is 3. The molecule has 9 nitrogen and oxygen atoms in total. The van der Waals surface area contributed by atoms with Crippen molar-refractivity contribution in [3.05, 3.63) is 32.6 Å². The Labute approximate surface area is 113 Å². The van der Waals surface area contributed by atoms with Crippen LogP contribution in [-0.2, 0) is 4.74 Å². The molecule has 20 heavy (non-hydrogen) atoms. The topological polar surface area (TPSA) is 139 Å². The maximum Gasteiger partial charge on any atom is 0.330 e. The number of hydrogen-bond donors (Lipinski definition) is 4. The van der Waals surface area contributed by atoms with Gasteiger partial charge in [0.15, 0.2) is 0 Å². The van der Waals surface area contributed by atoms with Gasteiger partial charge in [0.1, 0.15) is 12.3 Å². The number of aromatic amines is 1. The summed E-state index contributed by atoms with van der Waals surface area (Å²) < 4.78 is 6.73. The monoisotopic (exact) mass is 284 g/mol. The number of hydrogen-bond acceptors (Lipinski definition) is 5. The quantitative estimate of drug-likeness (QED) is 0.516. The number of carbonyl (C=O) groups excluding carboxylic acids is 1. The summed E-state index contributed by atoms with van der Waals surface area (Å²) in [5.41, 5.74) is 4.33. The van der Waals surface area contributed by atoms with Crippen LogP contribution in [0.1, 0.15) is 18.2 Å². The molecule has 1 saturated heterocycles. The molecule has 2 amide bonds. The molecular formula is C11H16N4O5. The molecule has 2 rings (SSSR count). The van der Waals surface area contributed by atoms with Gasteiger partial charge >= 0.3 is 11.7 Å². The molecule has 1 aliphatic heterocycles. The van der Waals surface area contributed by atoms with Crippen molar-refractivity contribution in [2.24, 2.45) is 5.73 Å². The smallest absolute Gasteiger partial charge is 0.330 e. The highest BCUT2D eigenvalue weighted by Crippen LogP contribution is 2.27. The summed E-state index contributed by atoms with van der Waals surface area (Å²) in [5.74, 6) is 0. The number of aliphatic hydroxyl groups excluding tert-OH is 1. The third kappa shape index (κ3) is 2.73. The summed E-state index contributed by atoms with van der Waals surface area (Å²) in [6.45, 7) is 1.24. The highest BCUT2D eigenvalue weighted by Gasteiger charge is 2.36. The second kappa shape index (κ2) is 5.47. The van der Waals surface area contributed by atoms with Gasteiger partial charge in [0.05, 0.1) is 12.6 Å². The lowest BCUT2D eigenvalue weighted by molar-refractivity contribution is -0.0284. The number of urea groups is 1. The molecule has 1 aliphatic rings. The van der Waals surface area contributed by atoms with Crippen LogP contribution in [-0.4, -0.2) is 39.4 Å². The van der Waals surface area contributed by atoms with Crippen molar-refractivity contribution in [3.8, 4) is 0 Å². The van der Waals surface area contributed by atoms with Crippen LogP contribution < -0.4 is 22.3 Å². The van der Waals surface area contributed by atoms with E-state index in [9.17, 15) is 19.5 Å². The van der Waals surface area contributed by atoms with Gasteiger partial charge in [-0.15, -0.1) is 0 Å². The maximum atomic E-state index is 11.8. The maximum absolute atomic E-state index is 11.8. The SMILES string of the molecule is Cc1cn([C@H]2CC(NC(N)=O)[C@@H](CO)O2)c(=O)[nH]c1=O. The molecule has 3 atom stereocenters. The molecular weight excluding hydrogens is 268 g/mol. The van der Waals surface area contributed by atoms with Crippen molar-refractivity contribution < 1.29 is 14.6 Å². The lowest BCUT2D eigenvalue weighted by atomic mass is 10.1. The molecule has 2 heterocycles. The number of nitrogens with two attached hydrogens (primary N) is 1. The van der Waals surface area contributed by atoms with Crippen LogP contribution in [0.15, 0.2) is 15.8 Å². The van der Waals surface area contributed by atoms with Crippen molar-refractivity contribution in [2.75, 3.05) is 6.61 Å². The Morgan fingerprint density at radius 3 is 2.95 bits per heavy atom. The minimum atomic E-state index is -0.734. The van der Waals surface area contributed by atoms with E-state index in [0.29, 0.717) is 5.56 Å². The van der Waals surface area contributed by atoms with Crippen LogP contribution in [0.4, 0.5) is 4.79 Å². The fraction of sp³-hybridized carbons (Fsp3) is 0.545. The third-order valence-electron chi connectivity index (χ3n) is 3.20. The van der Waals surface area contributed by atoms with Crippen molar-refractivity contribution >= 4 is 6.03 Å². The van der Waals surface area contributed by atoms with Crippen LogP contribution in [0, 0.1) is 6.92 Å². The first kappa shape index (κ1) is 14.3. The van der Waals surface area contributed by atoms with Crippen LogP contribution in [0.2, 0.25) is 0 Å². The van der Waals surface area contributed by atoms with Gasteiger partial charge in [0.2, 0.25) is 0 Å². The summed E-state index contributed by atoms with van der Waals surface area (Å²) >= 11 is 0. The molecule has 5 N–H and O–H groups in total. The number of aliphatic hydroxyl groups is 1. The summed E-state index contributed by atoms with van der Waals surface area (Å²) in [6, 6.07) is -1.23. The predicted octanol–water partition coefficient (Wildman–Crippen LogP) is -1.84. The minimum absolute atomic E-state index is 0.263. The summed E-state index contributed by atoms with van der Waals surface area (Å²) in [5, 5.41) is 11.7. The van der Waals surface area contributed by atoms with Crippen LogP contribution in [0.3, 0.4) is 0 Å². The predicted molar refractivity (Wildman–Crippen MR) is 68.2 cm³/mol. The number of nitrogens with zero attached hydrogens (tertiary/aromatic N) is 1. The van der Waals surface area contributed by atoms with E-state index < -0.39 is 35.7 Å². The van der Waals surface area contributed by atoms with Crippen molar-refractivity contribution in [3.63, 3.8) is 0 Å². The van der Waals surface area contributed by atoms with Crippen molar-refractivity contribution in [1.29, 1.82) is 0 Å². The molecule has 1 aromatic rings. The molecule has 0 bridgehead atoms. The fourth-order valence-corrected chi connectivity index (χ4v) is 2.21. The van der Waals surface area contributed by atoms with Crippen molar-refractivity contribution in [2.45, 2.75) is 31.7 Å². The van der Waals surface area contributed by atoms with Gasteiger partial charge < -0.3 is 20.9 Å². The first-order chi connectivity index (χ1) is 9.42. The van der Waals surface area contributed by atoms with Crippen molar-refractivity contribution in [1.82, 2.24) is 14.9 Å². The number of H-pyrrole nitrogens is 1. The normalized spacial score (nSPS) is 25.6. The molecule has 0 aliphatic carbocycles. The lowest BCUT2D eigenvalue weighted by Crippen LogP contribution is -2.44. The summed E-state index contributed by atoms with van der Waals surface area (Å²) in [6.07, 6.45) is 0.297. The zero-order valence-corrected chi connectivity index (χ0v) is 10.8. The van der Waals surface area contributed by atoms with E-state index in [1.54, 1.807) is 6.92 Å². The average molecular weight is 284 g/mol. The van der Waals surface area contributed by atoms with Gasteiger partial charge in [-0.1, -0.05) is 0 Å². The van der Waals surface area contributed by atoms with Gasteiger partial charge in [-0.2, -0.15) is 0 Å². The molecule has 110 valence electrons. The van der Waals surface area contributed by atoms with Crippen LogP contribution >= 0.6 is 0 Å². The first-order valence-corrected chi connectivity index (χ1v) is 6.06. The fourth-order valence-electron chi connectivity index (χ4n) is 2.21. The largest absolute Gasteiger partial charge is 0.394 e. The zero-order chi connectivity index (χ0) is 14.9. The Balaban J connectivity index is 2.27. The number of ether oxygens (including phenoxy) is 1. The molecule has 1 unspecified atom stereocenters. The highest BCUT2D eigenvalue weighted by atomic mass is 16.5. The van der Waals surface area contributed by atoms with E-state index in [2.05, 4.69) is 10.3 Å². The number of aryl methyl sites for hydroxylation is 1. The number of carbonyl (C=O) groups is 1. The van der Waals surface area contributed by atoms with E-state index in [0.717, 1.165) is 0 Å². The van der Waals surface area contributed by atoms with Gasteiger partial charge in [-0.25, -0.2) is 9.59 Å². The highest BCUT2D eigenvalue weighted by molar-refractivity contribution is 5.72. The first-order valence-electron chi connectivity index (χ1n) is 6.06. The van der Waals surface area contributed by atoms with E-state index in [1.807, 2.05) is 0 Å². The molecule has 9 heteroatoms. The zero-order valence-electron chi connectivity index (χ0n) is 10.8.